The van der Waals surface area contributed by atoms with Gasteiger partial charge in [-0.3, -0.25) is 9.20 Å². The smallest absolute Gasteiger partial charge is 0.258 e. The second-order valence-electron chi connectivity index (χ2n) is 5.47. The van der Waals surface area contributed by atoms with E-state index in [4.69, 9.17) is 0 Å². The Balaban J connectivity index is 1.65. The van der Waals surface area contributed by atoms with Crippen LogP contribution in [0.15, 0.2) is 45.5 Å². The highest BCUT2D eigenvalue weighted by molar-refractivity contribution is 7.98. The Bertz CT molecular complexity index is 1120. The van der Waals surface area contributed by atoms with E-state index in [0.29, 0.717) is 5.75 Å². The number of fused-ring (bicyclic) bond motifs is 2. The molecule has 0 spiro atoms. The second kappa shape index (κ2) is 5.99. The Hall–Kier alpha value is -2.25. The number of nitrogens with zero attached hydrogens (tertiary/aromatic N) is 4. The molecule has 120 valence electrons. The molecule has 3 aromatic heterocycles. The van der Waals surface area contributed by atoms with Crippen LogP contribution in [0.25, 0.3) is 16.0 Å². The minimum Gasteiger partial charge on any atom is -0.269 e. The van der Waals surface area contributed by atoms with Crippen molar-refractivity contribution in [2.45, 2.75) is 24.6 Å². The van der Waals surface area contributed by atoms with Crippen LogP contribution in [-0.4, -0.2) is 19.4 Å². The van der Waals surface area contributed by atoms with Gasteiger partial charge in [-0.05, 0) is 26.0 Å². The molecule has 4 rings (SSSR count). The van der Waals surface area contributed by atoms with Gasteiger partial charge in [-0.25, -0.2) is 15.0 Å². The fourth-order valence-corrected chi connectivity index (χ4v) is 4.27. The van der Waals surface area contributed by atoms with E-state index in [1.165, 1.54) is 11.3 Å². The van der Waals surface area contributed by atoms with Crippen molar-refractivity contribution < 1.29 is 0 Å². The fraction of sp³-hybridized carbons (Fsp3) is 0.176. The monoisotopic (exact) mass is 354 g/mol. The van der Waals surface area contributed by atoms with Crippen LogP contribution in [0.3, 0.4) is 0 Å². The quantitative estimate of drug-likeness (QED) is 0.526. The standard InChI is InChI=1S/C17H14N4OS2/c1-10-8-24-17-19-12(7-15(22)21(10)17)9-23-16-11(2)18-13-5-3-4-6-14(13)20-16/h3-8H,9H2,1-2H3. The van der Waals surface area contributed by atoms with Gasteiger partial charge in [0.2, 0.25) is 0 Å². The molecule has 0 fully saturated rings. The number of thiazole rings is 1. The Morgan fingerprint density at radius 3 is 2.67 bits per heavy atom. The number of para-hydroxylation sites is 2. The lowest BCUT2D eigenvalue weighted by molar-refractivity contribution is 0.994. The summed E-state index contributed by atoms with van der Waals surface area (Å²) in [5.74, 6) is 0.594. The molecule has 0 unspecified atom stereocenters. The first-order valence-electron chi connectivity index (χ1n) is 7.45. The zero-order valence-electron chi connectivity index (χ0n) is 13.2. The minimum atomic E-state index is -0.0318. The van der Waals surface area contributed by atoms with Crippen molar-refractivity contribution in [2.24, 2.45) is 0 Å². The Morgan fingerprint density at radius 1 is 1.12 bits per heavy atom. The highest BCUT2D eigenvalue weighted by Crippen LogP contribution is 2.25. The van der Waals surface area contributed by atoms with Crippen molar-refractivity contribution in [2.75, 3.05) is 0 Å². The van der Waals surface area contributed by atoms with Gasteiger partial charge >= 0.3 is 0 Å². The van der Waals surface area contributed by atoms with Crippen molar-refractivity contribution in [3.05, 3.63) is 63.1 Å². The van der Waals surface area contributed by atoms with Crippen molar-refractivity contribution >= 4 is 39.1 Å². The number of rotatable bonds is 3. The molecule has 0 bridgehead atoms. The van der Waals surface area contributed by atoms with E-state index in [2.05, 4.69) is 15.0 Å². The third-order valence-electron chi connectivity index (χ3n) is 3.69. The van der Waals surface area contributed by atoms with E-state index in [1.54, 1.807) is 22.2 Å². The molecule has 5 nitrogen and oxygen atoms in total. The lowest BCUT2D eigenvalue weighted by atomic mass is 10.3. The van der Waals surface area contributed by atoms with Gasteiger partial charge in [0.25, 0.3) is 5.56 Å². The van der Waals surface area contributed by atoms with Gasteiger partial charge < -0.3 is 0 Å². The van der Waals surface area contributed by atoms with E-state index in [9.17, 15) is 4.79 Å². The van der Waals surface area contributed by atoms with Crippen LogP contribution in [0.4, 0.5) is 0 Å². The molecule has 0 aliphatic carbocycles. The average molecular weight is 354 g/mol. The molecule has 0 saturated carbocycles. The van der Waals surface area contributed by atoms with Crippen molar-refractivity contribution in [3.8, 4) is 0 Å². The molecular formula is C17H14N4OS2. The number of hydrogen-bond acceptors (Lipinski definition) is 6. The van der Waals surface area contributed by atoms with Crippen LogP contribution in [0.5, 0.6) is 0 Å². The number of aromatic nitrogens is 4. The molecular weight excluding hydrogens is 340 g/mol. The fourth-order valence-electron chi connectivity index (χ4n) is 2.53. The van der Waals surface area contributed by atoms with E-state index in [1.807, 2.05) is 43.5 Å². The molecule has 4 aromatic rings. The molecule has 0 N–H and O–H groups in total. The molecule has 7 heteroatoms. The van der Waals surface area contributed by atoms with E-state index in [0.717, 1.165) is 38.1 Å². The predicted octanol–water partition coefficient (Wildman–Crippen LogP) is 3.61. The number of thioether (sulfide) groups is 1. The van der Waals surface area contributed by atoms with E-state index in [-0.39, 0.29) is 5.56 Å². The average Bonchev–Trinajstić information content (AvgIpc) is 2.94. The number of benzene rings is 1. The summed E-state index contributed by atoms with van der Waals surface area (Å²) in [6, 6.07) is 9.43. The Morgan fingerprint density at radius 2 is 1.88 bits per heavy atom. The van der Waals surface area contributed by atoms with Crippen LogP contribution in [0.2, 0.25) is 0 Å². The van der Waals surface area contributed by atoms with Gasteiger partial charge in [0.15, 0.2) is 4.96 Å². The third-order valence-corrected chi connectivity index (χ3v) is 5.73. The second-order valence-corrected chi connectivity index (χ2v) is 7.27. The van der Waals surface area contributed by atoms with Gasteiger partial charge in [-0.1, -0.05) is 23.9 Å². The molecule has 0 atom stereocenters. The molecule has 0 radical (unpaired) electrons. The lowest BCUT2D eigenvalue weighted by Gasteiger charge is -2.06. The van der Waals surface area contributed by atoms with Gasteiger partial charge in [-0.2, -0.15) is 0 Å². The molecule has 0 saturated heterocycles. The van der Waals surface area contributed by atoms with Crippen molar-refractivity contribution in [1.29, 1.82) is 0 Å². The number of aryl methyl sites for hydroxylation is 2. The molecule has 0 aliphatic heterocycles. The highest BCUT2D eigenvalue weighted by atomic mass is 32.2. The zero-order chi connectivity index (χ0) is 16.7. The molecule has 0 amide bonds. The van der Waals surface area contributed by atoms with Gasteiger partial charge in [0, 0.05) is 22.9 Å². The summed E-state index contributed by atoms with van der Waals surface area (Å²) in [5, 5.41) is 2.82. The Labute approximate surface area is 146 Å². The van der Waals surface area contributed by atoms with Crippen LogP contribution < -0.4 is 5.56 Å². The summed E-state index contributed by atoms with van der Waals surface area (Å²) in [5.41, 5.74) is 4.32. The topological polar surface area (TPSA) is 60.2 Å². The summed E-state index contributed by atoms with van der Waals surface area (Å²) in [6.07, 6.45) is 0. The van der Waals surface area contributed by atoms with Gasteiger partial charge in [0.05, 0.1) is 22.4 Å². The summed E-state index contributed by atoms with van der Waals surface area (Å²) in [7, 11) is 0. The van der Waals surface area contributed by atoms with Gasteiger partial charge in [0.1, 0.15) is 5.03 Å². The number of hydrogen-bond donors (Lipinski definition) is 0. The largest absolute Gasteiger partial charge is 0.269 e. The van der Waals surface area contributed by atoms with Gasteiger partial charge in [-0.15, -0.1) is 11.3 Å². The first kappa shape index (κ1) is 15.3. The lowest BCUT2D eigenvalue weighted by Crippen LogP contribution is -2.14. The van der Waals surface area contributed by atoms with Crippen LogP contribution >= 0.6 is 23.1 Å². The summed E-state index contributed by atoms with van der Waals surface area (Å²) in [6.45, 7) is 3.87. The van der Waals surface area contributed by atoms with E-state index < -0.39 is 0 Å². The maximum absolute atomic E-state index is 12.2. The maximum Gasteiger partial charge on any atom is 0.258 e. The third kappa shape index (κ3) is 2.70. The molecule has 0 aliphatic rings. The molecule has 1 aromatic carbocycles. The summed E-state index contributed by atoms with van der Waals surface area (Å²) in [4.78, 5) is 26.8. The van der Waals surface area contributed by atoms with Crippen LogP contribution in [-0.2, 0) is 5.75 Å². The predicted molar refractivity (Wildman–Crippen MR) is 97.9 cm³/mol. The maximum atomic E-state index is 12.2. The summed E-state index contributed by atoms with van der Waals surface area (Å²) < 4.78 is 1.64. The normalized spacial score (nSPS) is 11.4. The van der Waals surface area contributed by atoms with Crippen molar-refractivity contribution in [1.82, 2.24) is 19.4 Å². The van der Waals surface area contributed by atoms with Crippen molar-refractivity contribution in [3.63, 3.8) is 0 Å². The first-order valence-corrected chi connectivity index (χ1v) is 9.31. The summed E-state index contributed by atoms with van der Waals surface area (Å²) >= 11 is 3.04. The highest BCUT2D eigenvalue weighted by Gasteiger charge is 2.09. The Kier molecular flexibility index (Phi) is 3.82. The SMILES string of the molecule is Cc1nc2ccccc2nc1SCc1cc(=O)n2c(C)csc2n1. The van der Waals surface area contributed by atoms with E-state index >= 15 is 0 Å². The minimum absolute atomic E-state index is 0.0318. The zero-order valence-corrected chi connectivity index (χ0v) is 14.8. The molecule has 3 heterocycles. The first-order chi connectivity index (χ1) is 11.6. The van der Waals surface area contributed by atoms with Crippen LogP contribution in [0.1, 0.15) is 17.1 Å². The molecule has 24 heavy (non-hydrogen) atoms. The van der Waals surface area contributed by atoms with Crippen LogP contribution in [0, 0.1) is 13.8 Å².